The van der Waals surface area contributed by atoms with Gasteiger partial charge in [0.1, 0.15) is 11.6 Å². The van der Waals surface area contributed by atoms with Gasteiger partial charge in [0.25, 0.3) is 5.91 Å². The predicted molar refractivity (Wildman–Crippen MR) is 73.7 cm³/mol. The molecule has 0 radical (unpaired) electrons. The molecule has 4 heteroatoms. The number of ether oxygens (including phenoxy) is 1. The van der Waals surface area contributed by atoms with Gasteiger partial charge in [-0.15, -0.1) is 0 Å². The van der Waals surface area contributed by atoms with Gasteiger partial charge in [-0.2, -0.15) is 0 Å². The molecule has 1 rings (SSSR count). The van der Waals surface area contributed by atoms with Crippen LogP contribution >= 0.6 is 0 Å². The molecule has 1 amide bonds. The van der Waals surface area contributed by atoms with E-state index in [4.69, 9.17) is 4.74 Å². The Morgan fingerprint density at radius 3 is 2.74 bits per heavy atom. The van der Waals surface area contributed by atoms with Crippen LogP contribution in [0.2, 0.25) is 0 Å². The maximum absolute atomic E-state index is 13.1. The topological polar surface area (TPSA) is 38.3 Å². The van der Waals surface area contributed by atoms with Gasteiger partial charge in [-0.3, -0.25) is 4.79 Å². The second-order valence-electron chi connectivity index (χ2n) is 4.87. The minimum atomic E-state index is -0.639. The average molecular weight is 267 g/mol. The number of nitrogens with one attached hydrogen (secondary N) is 1. The quantitative estimate of drug-likeness (QED) is 0.859. The predicted octanol–water partition coefficient (Wildman–Crippen LogP) is 3.21. The summed E-state index contributed by atoms with van der Waals surface area (Å²) in [5.74, 6) is -0.136. The molecular formula is C15H22FNO2. The van der Waals surface area contributed by atoms with Gasteiger partial charge in [0.2, 0.25) is 0 Å². The molecule has 0 fully saturated rings. The fourth-order valence-corrected chi connectivity index (χ4v) is 1.81. The molecule has 2 unspecified atom stereocenters. The molecule has 0 aliphatic rings. The second-order valence-corrected chi connectivity index (χ2v) is 4.87. The van der Waals surface area contributed by atoms with Gasteiger partial charge in [-0.25, -0.2) is 4.39 Å². The van der Waals surface area contributed by atoms with Gasteiger partial charge < -0.3 is 10.1 Å². The lowest BCUT2D eigenvalue weighted by molar-refractivity contribution is -0.127. The number of benzene rings is 1. The van der Waals surface area contributed by atoms with Crippen LogP contribution in [-0.2, 0) is 4.79 Å². The number of carbonyl (C=O) groups is 1. The van der Waals surface area contributed by atoms with Crippen LogP contribution in [0.3, 0.4) is 0 Å². The molecule has 0 aromatic heterocycles. The van der Waals surface area contributed by atoms with Crippen molar-refractivity contribution < 1.29 is 13.9 Å². The zero-order valence-electron chi connectivity index (χ0n) is 12.0. The van der Waals surface area contributed by atoms with Gasteiger partial charge >= 0.3 is 0 Å². The highest BCUT2D eigenvalue weighted by molar-refractivity contribution is 5.81. The Hall–Kier alpha value is -1.58. The molecule has 0 heterocycles. The van der Waals surface area contributed by atoms with Crippen molar-refractivity contribution in [2.75, 3.05) is 0 Å². The van der Waals surface area contributed by atoms with E-state index in [1.807, 2.05) is 13.8 Å². The van der Waals surface area contributed by atoms with E-state index in [0.29, 0.717) is 5.75 Å². The van der Waals surface area contributed by atoms with E-state index >= 15 is 0 Å². The van der Waals surface area contributed by atoms with Crippen molar-refractivity contribution in [2.45, 2.75) is 52.7 Å². The molecule has 0 spiro atoms. The molecule has 19 heavy (non-hydrogen) atoms. The monoisotopic (exact) mass is 267 g/mol. The zero-order valence-corrected chi connectivity index (χ0v) is 12.0. The molecular weight excluding hydrogens is 245 g/mol. The van der Waals surface area contributed by atoms with Crippen molar-refractivity contribution in [3.8, 4) is 5.75 Å². The van der Waals surface area contributed by atoms with Crippen LogP contribution in [0.15, 0.2) is 18.2 Å². The van der Waals surface area contributed by atoms with Crippen molar-refractivity contribution in [1.82, 2.24) is 5.32 Å². The molecule has 106 valence electrons. The second kappa shape index (κ2) is 7.12. The Kier molecular flexibility index (Phi) is 5.80. The van der Waals surface area contributed by atoms with Crippen LogP contribution in [0.5, 0.6) is 5.75 Å². The summed E-state index contributed by atoms with van der Waals surface area (Å²) in [6.07, 6.45) is 1.30. The summed E-state index contributed by atoms with van der Waals surface area (Å²) >= 11 is 0. The third kappa shape index (κ3) is 4.89. The first-order chi connectivity index (χ1) is 8.93. The van der Waals surface area contributed by atoms with Crippen LogP contribution in [0.25, 0.3) is 0 Å². The Balaban J connectivity index is 2.61. The Morgan fingerprint density at radius 2 is 2.11 bits per heavy atom. The lowest BCUT2D eigenvalue weighted by atomic mass is 10.2. The molecule has 0 aliphatic carbocycles. The molecule has 1 aromatic rings. The van der Waals surface area contributed by atoms with E-state index in [1.54, 1.807) is 13.0 Å². The standard InChI is InChI=1S/C15H22FNO2/c1-5-6-11(3)17-15(18)12(4)19-14-9-13(16)8-7-10(14)2/h7-9,11-12H,5-6H2,1-4H3,(H,17,18). The van der Waals surface area contributed by atoms with Gasteiger partial charge in [-0.1, -0.05) is 19.4 Å². The molecule has 0 aliphatic heterocycles. The largest absolute Gasteiger partial charge is 0.481 e. The van der Waals surface area contributed by atoms with E-state index in [2.05, 4.69) is 12.2 Å². The SMILES string of the molecule is CCCC(C)NC(=O)C(C)Oc1cc(F)ccc1C. The van der Waals surface area contributed by atoms with Crippen molar-refractivity contribution in [2.24, 2.45) is 0 Å². The van der Waals surface area contributed by atoms with Crippen LogP contribution in [0.1, 0.15) is 39.2 Å². The first-order valence-electron chi connectivity index (χ1n) is 6.67. The van der Waals surface area contributed by atoms with Crippen LogP contribution in [0, 0.1) is 12.7 Å². The third-order valence-electron chi connectivity index (χ3n) is 2.93. The number of hydrogen-bond acceptors (Lipinski definition) is 2. The number of aryl methyl sites for hydroxylation is 1. The highest BCUT2D eigenvalue weighted by Gasteiger charge is 2.17. The molecule has 0 saturated carbocycles. The summed E-state index contributed by atoms with van der Waals surface area (Å²) in [5.41, 5.74) is 0.808. The van der Waals surface area contributed by atoms with E-state index in [1.165, 1.54) is 12.1 Å². The smallest absolute Gasteiger partial charge is 0.260 e. The van der Waals surface area contributed by atoms with Gasteiger partial charge in [-0.05, 0) is 38.8 Å². The van der Waals surface area contributed by atoms with Crippen LogP contribution in [0.4, 0.5) is 4.39 Å². The molecule has 0 saturated heterocycles. The van der Waals surface area contributed by atoms with Gasteiger partial charge in [0.15, 0.2) is 6.10 Å². The highest BCUT2D eigenvalue weighted by atomic mass is 19.1. The number of amides is 1. The maximum atomic E-state index is 13.1. The summed E-state index contributed by atoms with van der Waals surface area (Å²) in [6.45, 7) is 7.51. The van der Waals surface area contributed by atoms with Crippen molar-refractivity contribution in [3.63, 3.8) is 0 Å². The Morgan fingerprint density at radius 1 is 1.42 bits per heavy atom. The molecule has 2 atom stereocenters. The van der Waals surface area contributed by atoms with E-state index in [0.717, 1.165) is 18.4 Å². The van der Waals surface area contributed by atoms with Crippen LogP contribution < -0.4 is 10.1 Å². The highest BCUT2D eigenvalue weighted by Crippen LogP contribution is 2.20. The summed E-state index contributed by atoms with van der Waals surface area (Å²) < 4.78 is 18.6. The third-order valence-corrected chi connectivity index (χ3v) is 2.93. The lowest BCUT2D eigenvalue weighted by Gasteiger charge is -2.19. The van der Waals surface area contributed by atoms with E-state index in [-0.39, 0.29) is 17.8 Å². The Bertz CT molecular complexity index is 434. The zero-order chi connectivity index (χ0) is 14.4. The normalized spacial score (nSPS) is 13.7. The Labute approximate surface area is 114 Å². The number of rotatable bonds is 6. The summed E-state index contributed by atoms with van der Waals surface area (Å²) in [7, 11) is 0. The van der Waals surface area contributed by atoms with Crippen molar-refractivity contribution in [3.05, 3.63) is 29.6 Å². The van der Waals surface area contributed by atoms with Crippen molar-refractivity contribution in [1.29, 1.82) is 0 Å². The summed E-state index contributed by atoms with van der Waals surface area (Å²) in [5, 5.41) is 2.88. The fraction of sp³-hybridized carbons (Fsp3) is 0.533. The minimum Gasteiger partial charge on any atom is -0.481 e. The van der Waals surface area contributed by atoms with Gasteiger partial charge in [0.05, 0.1) is 0 Å². The average Bonchev–Trinajstić information content (AvgIpc) is 2.34. The summed E-state index contributed by atoms with van der Waals surface area (Å²) in [4.78, 5) is 11.9. The molecule has 1 aromatic carbocycles. The van der Waals surface area contributed by atoms with Gasteiger partial charge in [0, 0.05) is 12.1 Å². The first-order valence-corrected chi connectivity index (χ1v) is 6.67. The summed E-state index contributed by atoms with van der Waals surface area (Å²) in [6, 6.07) is 4.43. The number of halogens is 1. The first kappa shape index (κ1) is 15.5. The van der Waals surface area contributed by atoms with E-state index < -0.39 is 6.10 Å². The number of hydrogen-bond donors (Lipinski definition) is 1. The molecule has 3 nitrogen and oxygen atoms in total. The molecule has 1 N–H and O–H groups in total. The fourth-order valence-electron chi connectivity index (χ4n) is 1.81. The number of carbonyl (C=O) groups excluding carboxylic acids is 1. The lowest BCUT2D eigenvalue weighted by Crippen LogP contribution is -2.41. The van der Waals surface area contributed by atoms with Crippen molar-refractivity contribution >= 4 is 5.91 Å². The van der Waals surface area contributed by atoms with Crippen LogP contribution in [-0.4, -0.2) is 18.1 Å². The van der Waals surface area contributed by atoms with E-state index in [9.17, 15) is 9.18 Å². The molecule has 0 bridgehead atoms. The maximum Gasteiger partial charge on any atom is 0.260 e. The minimum absolute atomic E-state index is 0.122.